The molecule has 0 aliphatic rings. The van der Waals surface area contributed by atoms with Crippen molar-refractivity contribution in [1.82, 2.24) is 4.57 Å². The largest absolute Gasteiger partial charge is 0.494 e. The molecule has 0 bridgehead atoms. The fourth-order valence-electron chi connectivity index (χ4n) is 3.45. The van der Waals surface area contributed by atoms with Crippen LogP contribution in [-0.4, -0.2) is 23.0 Å². The van der Waals surface area contributed by atoms with Gasteiger partial charge in [0.25, 0.3) is 5.91 Å². The number of benzene rings is 2. The van der Waals surface area contributed by atoms with E-state index < -0.39 is 0 Å². The fourth-order valence-corrected chi connectivity index (χ4v) is 3.45. The summed E-state index contributed by atoms with van der Waals surface area (Å²) in [4.78, 5) is 24.3. The Morgan fingerprint density at radius 3 is 2.39 bits per heavy atom. The van der Waals surface area contributed by atoms with Gasteiger partial charge < -0.3 is 19.9 Å². The number of hydrogen-bond donors (Lipinski definition) is 2. The van der Waals surface area contributed by atoms with Gasteiger partial charge in [0.15, 0.2) is 0 Å². The van der Waals surface area contributed by atoms with E-state index in [0.29, 0.717) is 30.2 Å². The first-order valence-corrected chi connectivity index (χ1v) is 9.39. The number of rotatable bonds is 6. The number of fused-ring (bicyclic) bond motifs is 1. The number of amides is 2. The summed E-state index contributed by atoms with van der Waals surface area (Å²) < 4.78 is 7.62. The lowest BCUT2D eigenvalue weighted by Crippen LogP contribution is -2.18. The molecule has 0 aliphatic heterocycles. The number of carbonyl (C=O) groups excluding carboxylic acids is 2. The van der Waals surface area contributed by atoms with E-state index in [1.807, 2.05) is 43.5 Å². The zero-order valence-corrected chi connectivity index (χ0v) is 16.6. The van der Waals surface area contributed by atoms with Gasteiger partial charge in [0.2, 0.25) is 5.91 Å². The second-order valence-corrected chi connectivity index (χ2v) is 6.55. The van der Waals surface area contributed by atoms with Crippen molar-refractivity contribution in [3.8, 4) is 5.75 Å². The second-order valence-electron chi connectivity index (χ2n) is 6.55. The molecule has 0 saturated heterocycles. The van der Waals surface area contributed by atoms with E-state index in [4.69, 9.17) is 4.74 Å². The molecule has 0 unspecified atom stereocenters. The topological polar surface area (TPSA) is 72.4 Å². The third-order valence-electron chi connectivity index (χ3n) is 4.57. The lowest BCUT2D eigenvalue weighted by molar-refractivity contribution is -0.114. The van der Waals surface area contributed by atoms with Crippen molar-refractivity contribution in [3.05, 3.63) is 53.7 Å². The highest BCUT2D eigenvalue weighted by Crippen LogP contribution is 2.30. The van der Waals surface area contributed by atoms with Crippen LogP contribution in [0.25, 0.3) is 10.9 Å². The SMILES string of the molecule is CCOc1ccc2c(c1)c(C)c(C(=O)Nc1cccc(NC(C)=O)c1)n2CC. The summed E-state index contributed by atoms with van der Waals surface area (Å²) in [6.45, 7) is 8.63. The molecule has 0 aliphatic carbocycles. The number of carbonyl (C=O) groups is 2. The fraction of sp³-hybridized carbons (Fsp3) is 0.273. The van der Waals surface area contributed by atoms with Crippen molar-refractivity contribution in [1.29, 1.82) is 0 Å². The van der Waals surface area contributed by atoms with E-state index >= 15 is 0 Å². The van der Waals surface area contributed by atoms with E-state index in [1.165, 1.54) is 6.92 Å². The Bertz CT molecular complexity index is 1040. The smallest absolute Gasteiger partial charge is 0.272 e. The molecule has 0 atom stereocenters. The Morgan fingerprint density at radius 2 is 1.75 bits per heavy atom. The lowest BCUT2D eigenvalue weighted by atomic mass is 10.1. The van der Waals surface area contributed by atoms with Gasteiger partial charge in [-0.15, -0.1) is 0 Å². The van der Waals surface area contributed by atoms with Crippen molar-refractivity contribution in [2.45, 2.75) is 34.2 Å². The van der Waals surface area contributed by atoms with Gasteiger partial charge in [-0.1, -0.05) is 6.07 Å². The average molecular weight is 379 g/mol. The molecule has 3 rings (SSSR count). The highest BCUT2D eigenvalue weighted by atomic mass is 16.5. The number of ether oxygens (including phenoxy) is 1. The van der Waals surface area contributed by atoms with E-state index in [9.17, 15) is 9.59 Å². The van der Waals surface area contributed by atoms with Gasteiger partial charge in [0.05, 0.1) is 6.61 Å². The van der Waals surface area contributed by atoms with Gasteiger partial charge in [-0.2, -0.15) is 0 Å². The molecule has 1 aromatic heterocycles. The summed E-state index contributed by atoms with van der Waals surface area (Å²) in [5.41, 5.74) is 3.79. The summed E-state index contributed by atoms with van der Waals surface area (Å²) in [6.07, 6.45) is 0. The standard InChI is InChI=1S/C22H25N3O3/c1-5-25-20-11-10-18(28-6-2)13-19(20)14(3)21(25)22(27)24-17-9-7-8-16(12-17)23-15(4)26/h7-13H,5-6H2,1-4H3,(H,23,26)(H,24,27). The van der Waals surface area contributed by atoms with E-state index in [2.05, 4.69) is 10.6 Å². The minimum Gasteiger partial charge on any atom is -0.494 e. The van der Waals surface area contributed by atoms with Crippen LogP contribution in [0, 0.1) is 6.92 Å². The summed E-state index contributed by atoms with van der Waals surface area (Å²) in [5, 5.41) is 6.67. The summed E-state index contributed by atoms with van der Waals surface area (Å²) in [6, 6.07) is 13.0. The highest BCUT2D eigenvalue weighted by Gasteiger charge is 2.20. The van der Waals surface area contributed by atoms with Crippen LogP contribution >= 0.6 is 0 Å². The second kappa shape index (κ2) is 8.17. The van der Waals surface area contributed by atoms with Gasteiger partial charge in [0.1, 0.15) is 11.4 Å². The zero-order valence-electron chi connectivity index (χ0n) is 16.6. The molecule has 0 fully saturated rings. The van der Waals surface area contributed by atoms with Crippen LogP contribution in [0.4, 0.5) is 11.4 Å². The maximum atomic E-state index is 13.1. The quantitative estimate of drug-likeness (QED) is 0.658. The molecule has 0 saturated carbocycles. The predicted molar refractivity (Wildman–Crippen MR) is 112 cm³/mol. The molecule has 2 amide bonds. The van der Waals surface area contributed by atoms with E-state index in [1.54, 1.807) is 24.3 Å². The van der Waals surface area contributed by atoms with Gasteiger partial charge in [-0.05, 0) is 62.7 Å². The molecular weight excluding hydrogens is 354 g/mol. The first-order chi connectivity index (χ1) is 13.4. The first kappa shape index (κ1) is 19.5. The van der Waals surface area contributed by atoms with Crippen LogP contribution in [0.2, 0.25) is 0 Å². The van der Waals surface area contributed by atoms with Crippen LogP contribution in [0.3, 0.4) is 0 Å². The molecule has 2 N–H and O–H groups in total. The van der Waals surface area contributed by atoms with Crippen molar-refractivity contribution in [2.24, 2.45) is 0 Å². The van der Waals surface area contributed by atoms with Crippen molar-refractivity contribution >= 4 is 34.1 Å². The Labute approximate surface area is 164 Å². The molecular formula is C22H25N3O3. The van der Waals surface area contributed by atoms with Crippen LogP contribution in [0.15, 0.2) is 42.5 Å². The number of anilines is 2. The van der Waals surface area contributed by atoms with Crippen molar-refractivity contribution < 1.29 is 14.3 Å². The summed E-state index contributed by atoms with van der Waals surface area (Å²) in [5.74, 6) is 0.449. The average Bonchev–Trinajstić information content (AvgIpc) is 2.93. The molecule has 28 heavy (non-hydrogen) atoms. The van der Waals surface area contributed by atoms with Crippen LogP contribution in [0.1, 0.15) is 36.8 Å². The summed E-state index contributed by atoms with van der Waals surface area (Å²) >= 11 is 0. The van der Waals surface area contributed by atoms with Crippen LogP contribution < -0.4 is 15.4 Å². The van der Waals surface area contributed by atoms with Gasteiger partial charge in [-0.25, -0.2) is 0 Å². The molecule has 6 nitrogen and oxygen atoms in total. The van der Waals surface area contributed by atoms with Gasteiger partial charge in [-0.3, -0.25) is 9.59 Å². The first-order valence-electron chi connectivity index (χ1n) is 9.39. The zero-order chi connectivity index (χ0) is 20.3. The number of aromatic nitrogens is 1. The van der Waals surface area contributed by atoms with Crippen LogP contribution in [0.5, 0.6) is 5.75 Å². The Hall–Kier alpha value is -3.28. The molecule has 0 radical (unpaired) electrons. The predicted octanol–water partition coefficient (Wildman–Crippen LogP) is 4.58. The number of nitrogens with one attached hydrogen (secondary N) is 2. The maximum Gasteiger partial charge on any atom is 0.272 e. The van der Waals surface area contributed by atoms with Crippen molar-refractivity contribution in [2.75, 3.05) is 17.2 Å². The number of nitrogens with zero attached hydrogens (tertiary/aromatic N) is 1. The molecule has 6 heteroatoms. The lowest BCUT2D eigenvalue weighted by Gasteiger charge is -2.11. The molecule has 146 valence electrons. The normalized spacial score (nSPS) is 10.7. The number of aryl methyl sites for hydroxylation is 2. The summed E-state index contributed by atoms with van der Waals surface area (Å²) in [7, 11) is 0. The Kier molecular flexibility index (Phi) is 5.68. The minimum absolute atomic E-state index is 0.157. The van der Waals surface area contributed by atoms with Gasteiger partial charge in [0, 0.05) is 35.7 Å². The van der Waals surface area contributed by atoms with Crippen molar-refractivity contribution in [3.63, 3.8) is 0 Å². The van der Waals surface area contributed by atoms with E-state index in [-0.39, 0.29) is 11.8 Å². The number of hydrogen-bond acceptors (Lipinski definition) is 3. The monoisotopic (exact) mass is 379 g/mol. The Morgan fingerprint density at radius 1 is 1.04 bits per heavy atom. The molecule has 1 heterocycles. The highest BCUT2D eigenvalue weighted by molar-refractivity contribution is 6.08. The molecule has 3 aromatic rings. The Balaban J connectivity index is 1.97. The molecule has 0 spiro atoms. The minimum atomic E-state index is -0.187. The third kappa shape index (κ3) is 3.86. The van der Waals surface area contributed by atoms with E-state index in [0.717, 1.165) is 22.2 Å². The maximum absolute atomic E-state index is 13.1. The molecule has 2 aromatic carbocycles. The van der Waals surface area contributed by atoms with Gasteiger partial charge >= 0.3 is 0 Å². The van der Waals surface area contributed by atoms with Crippen LogP contribution in [-0.2, 0) is 11.3 Å². The third-order valence-corrected chi connectivity index (χ3v) is 4.57.